The van der Waals surface area contributed by atoms with Crippen molar-refractivity contribution >= 4 is 27.3 Å². The largest absolute Gasteiger partial charge is 0.494 e. The molecule has 0 radical (unpaired) electrons. The fourth-order valence-electron chi connectivity index (χ4n) is 3.81. The summed E-state index contributed by atoms with van der Waals surface area (Å²) in [6.45, 7) is 5.71. The number of anilines is 2. The van der Waals surface area contributed by atoms with E-state index < -0.39 is 10.0 Å². The van der Waals surface area contributed by atoms with E-state index in [-0.39, 0.29) is 10.8 Å². The van der Waals surface area contributed by atoms with Gasteiger partial charge in [-0.1, -0.05) is 6.07 Å². The molecule has 1 aliphatic heterocycles. The SMILES string of the molecule is CCOc1ccc(S(=O)(=O)Nc2cc(C(=O)NCc3cccnc3)ccc2N2CCNCC2)cc1. The van der Waals surface area contributed by atoms with Gasteiger partial charge in [-0.25, -0.2) is 8.42 Å². The first-order valence-corrected chi connectivity index (χ1v) is 13.0. The van der Waals surface area contributed by atoms with Crippen LogP contribution in [-0.2, 0) is 16.6 Å². The highest BCUT2D eigenvalue weighted by atomic mass is 32.2. The minimum absolute atomic E-state index is 0.110. The first kappa shape index (κ1) is 24.5. The van der Waals surface area contributed by atoms with Crippen LogP contribution in [0.4, 0.5) is 11.4 Å². The lowest BCUT2D eigenvalue weighted by molar-refractivity contribution is 0.0951. The van der Waals surface area contributed by atoms with E-state index in [2.05, 4.69) is 25.2 Å². The van der Waals surface area contributed by atoms with Crippen molar-refractivity contribution in [3.8, 4) is 5.75 Å². The Balaban J connectivity index is 1.59. The van der Waals surface area contributed by atoms with E-state index in [1.165, 1.54) is 12.1 Å². The molecule has 4 rings (SSSR count). The predicted molar refractivity (Wildman–Crippen MR) is 135 cm³/mol. The summed E-state index contributed by atoms with van der Waals surface area (Å²) >= 11 is 0. The molecule has 3 N–H and O–H groups in total. The Hall–Kier alpha value is -3.63. The zero-order valence-electron chi connectivity index (χ0n) is 19.5. The molecule has 0 atom stereocenters. The van der Waals surface area contributed by atoms with Crippen molar-refractivity contribution in [2.24, 2.45) is 0 Å². The van der Waals surface area contributed by atoms with Crippen molar-refractivity contribution in [2.75, 3.05) is 42.4 Å². The highest BCUT2D eigenvalue weighted by molar-refractivity contribution is 7.92. The van der Waals surface area contributed by atoms with Crippen molar-refractivity contribution in [2.45, 2.75) is 18.4 Å². The molecule has 1 amide bonds. The van der Waals surface area contributed by atoms with Crippen LogP contribution in [0.15, 0.2) is 71.9 Å². The number of nitrogens with one attached hydrogen (secondary N) is 3. The van der Waals surface area contributed by atoms with Gasteiger partial charge in [0.2, 0.25) is 0 Å². The highest BCUT2D eigenvalue weighted by Gasteiger charge is 2.21. The lowest BCUT2D eigenvalue weighted by atomic mass is 10.1. The van der Waals surface area contributed by atoms with Crippen LogP contribution in [0.1, 0.15) is 22.8 Å². The van der Waals surface area contributed by atoms with Crippen LogP contribution in [-0.4, -0.2) is 52.1 Å². The molecule has 0 spiro atoms. The second kappa shape index (κ2) is 11.2. The fourth-order valence-corrected chi connectivity index (χ4v) is 4.88. The van der Waals surface area contributed by atoms with Gasteiger partial charge in [0.25, 0.3) is 15.9 Å². The molecular weight excluding hydrogens is 466 g/mol. The van der Waals surface area contributed by atoms with Crippen molar-refractivity contribution in [1.82, 2.24) is 15.6 Å². The number of rotatable bonds is 9. The summed E-state index contributed by atoms with van der Waals surface area (Å²) in [7, 11) is -3.89. The Kier molecular flexibility index (Phi) is 7.84. The zero-order chi connectivity index (χ0) is 24.7. The summed E-state index contributed by atoms with van der Waals surface area (Å²) in [5, 5.41) is 6.15. The molecule has 0 aliphatic carbocycles. The number of carbonyl (C=O) groups excluding carboxylic acids is 1. The molecule has 184 valence electrons. The smallest absolute Gasteiger partial charge is 0.261 e. The molecule has 35 heavy (non-hydrogen) atoms. The maximum Gasteiger partial charge on any atom is 0.261 e. The number of carbonyl (C=O) groups is 1. The quantitative estimate of drug-likeness (QED) is 0.418. The Morgan fingerprint density at radius 1 is 1.11 bits per heavy atom. The lowest BCUT2D eigenvalue weighted by Gasteiger charge is -2.31. The van der Waals surface area contributed by atoms with E-state index in [0.29, 0.717) is 30.2 Å². The van der Waals surface area contributed by atoms with Crippen molar-refractivity contribution in [1.29, 1.82) is 0 Å². The predicted octanol–water partition coefficient (Wildman–Crippen LogP) is 2.62. The van der Waals surface area contributed by atoms with Crippen LogP contribution in [0.5, 0.6) is 5.75 Å². The van der Waals surface area contributed by atoms with E-state index in [1.54, 1.807) is 48.8 Å². The number of hydrogen-bond donors (Lipinski definition) is 3. The van der Waals surface area contributed by atoms with Crippen LogP contribution >= 0.6 is 0 Å². The van der Waals surface area contributed by atoms with Gasteiger partial charge in [-0.2, -0.15) is 0 Å². The van der Waals surface area contributed by atoms with Gasteiger partial charge in [0.05, 0.1) is 22.9 Å². The molecule has 9 nitrogen and oxygen atoms in total. The zero-order valence-corrected chi connectivity index (χ0v) is 20.3. The first-order valence-electron chi connectivity index (χ1n) is 11.5. The molecule has 1 saturated heterocycles. The molecular formula is C25H29N5O4S. The Morgan fingerprint density at radius 3 is 2.57 bits per heavy atom. The van der Waals surface area contributed by atoms with E-state index >= 15 is 0 Å². The number of pyridine rings is 1. The molecule has 0 saturated carbocycles. The number of piperazine rings is 1. The average molecular weight is 496 g/mol. The standard InChI is InChI=1S/C25H29N5O4S/c1-2-34-21-6-8-22(9-7-21)35(32,33)29-23-16-20(5-10-24(23)30-14-12-26-13-15-30)25(31)28-18-19-4-3-11-27-17-19/h3-11,16-17,26,29H,2,12-15,18H2,1H3,(H,28,31). The highest BCUT2D eigenvalue weighted by Crippen LogP contribution is 2.30. The second-order valence-corrected chi connectivity index (χ2v) is 9.71. The molecule has 0 bridgehead atoms. The second-order valence-electron chi connectivity index (χ2n) is 8.02. The van der Waals surface area contributed by atoms with Gasteiger partial charge in [-0.05, 0) is 61.0 Å². The minimum atomic E-state index is -3.89. The van der Waals surface area contributed by atoms with Crippen LogP contribution in [0.2, 0.25) is 0 Å². The molecule has 2 heterocycles. The molecule has 1 fully saturated rings. The molecule has 1 aliphatic rings. The maximum absolute atomic E-state index is 13.2. The number of nitrogens with zero attached hydrogens (tertiary/aromatic N) is 2. The minimum Gasteiger partial charge on any atom is -0.494 e. The summed E-state index contributed by atoms with van der Waals surface area (Å²) in [6, 6.07) is 15.0. The van der Waals surface area contributed by atoms with Gasteiger partial charge in [0.1, 0.15) is 5.75 Å². The molecule has 2 aromatic carbocycles. The summed E-state index contributed by atoms with van der Waals surface area (Å²) < 4.78 is 34.5. The topological polar surface area (TPSA) is 113 Å². The van der Waals surface area contributed by atoms with E-state index in [4.69, 9.17) is 4.74 Å². The number of hydrogen-bond acceptors (Lipinski definition) is 7. The van der Waals surface area contributed by atoms with Gasteiger partial charge in [0, 0.05) is 50.7 Å². The molecule has 10 heteroatoms. The Morgan fingerprint density at radius 2 is 1.89 bits per heavy atom. The van der Waals surface area contributed by atoms with Crippen molar-refractivity contribution in [3.05, 3.63) is 78.1 Å². The maximum atomic E-state index is 13.2. The van der Waals surface area contributed by atoms with E-state index in [1.807, 2.05) is 13.0 Å². The Bertz CT molecular complexity index is 1240. The molecule has 3 aromatic rings. The van der Waals surface area contributed by atoms with Crippen molar-refractivity contribution in [3.63, 3.8) is 0 Å². The number of aromatic nitrogens is 1. The third-order valence-electron chi connectivity index (χ3n) is 5.58. The fraction of sp³-hybridized carbons (Fsp3) is 0.280. The lowest BCUT2D eigenvalue weighted by Crippen LogP contribution is -2.43. The van der Waals surface area contributed by atoms with Crippen molar-refractivity contribution < 1.29 is 17.9 Å². The van der Waals surface area contributed by atoms with Gasteiger partial charge >= 0.3 is 0 Å². The van der Waals surface area contributed by atoms with Gasteiger partial charge < -0.3 is 20.3 Å². The summed E-state index contributed by atoms with van der Waals surface area (Å²) in [5.41, 5.74) is 2.31. The summed E-state index contributed by atoms with van der Waals surface area (Å²) in [5.74, 6) is 0.294. The van der Waals surface area contributed by atoms with Crippen LogP contribution in [0.25, 0.3) is 0 Å². The van der Waals surface area contributed by atoms with Crippen LogP contribution < -0.4 is 25.0 Å². The van der Waals surface area contributed by atoms with E-state index in [9.17, 15) is 13.2 Å². The van der Waals surface area contributed by atoms with Gasteiger partial charge in [-0.3, -0.25) is 14.5 Å². The monoisotopic (exact) mass is 495 g/mol. The molecule has 0 unspecified atom stereocenters. The number of benzene rings is 2. The summed E-state index contributed by atoms with van der Waals surface area (Å²) in [6.07, 6.45) is 3.35. The van der Waals surface area contributed by atoms with Gasteiger partial charge in [0.15, 0.2) is 0 Å². The molecule has 1 aromatic heterocycles. The number of sulfonamides is 1. The number of ether oxygens (including phenoxy) is 1. The third kappa shape index (κ3) is 6.28. The van der Waals surface area contributed by atoms with E-state index in [0.717, 1.165) is 37.4 Å². The first-order chi connectivity index (χ1) is 17.0. The van der Waals surface area contributed by atoms with Gasteiger partial charge in [-0.15, -0.1) is 0 Å². The van der Waals surface area contributed by atoms with Crippen LogP contribution in [0, 0.1) is 0 Å². The number of amides is 1. The third-order valence-corrected chi connectivity index (χ3v) is 6.96. The van der Waals surface area contributed by atoms with Crippen LogP contribution in [0.3, 0.4) is 0 Å². The Labute approximate surface area is 205 Å². The normalized spacial score (nSPS) is 13.8. The summed E-state index contributed by atoms with van der Waals surface area (Å²) in [4.78, 5) is 19.1. The average Bonchev–Trinajstić information content (AvgIpc) is 2.89.